The summed E-state index contributed by atoms with van der Waals surface area (Å²) in [6.07, 6.45) is 3.83. The van der Waals surface area contributed by atoms with Crippen molar-refractivity contribution in [2.24, 2.45) is 0 Å². The lowest BCUT2D eigenvalue weighted by Crippen LogP contribution is -2.43. The number of hydrogen-bond donors (Lipinski definition) is 2. The van der Waals surface area contributed by atoms with Gasteiger partial charge in [0.1, 0.15) is 11.6 Å². The van der Waals surface area contributed by atoms with Crippen molar-refractivity contribution < 1.29 is 13.9 Å². The number of nitrogens with one attached hydrogen (secondary N) is 1. The van der Waals surface area contributed by atoms with Crippen molar-refractivity contribution in [2.75, 3.05) is 6.54 Å². The molecule has 4 heteroatoms. The van der Waals surface area contributed by atoms with Crippen LogP contribution in [0.4, 0.5) is 8.78 Å². The lowest BCUT2D eigenvalue weighted by Gasteiger charge is -2.28. The third-order valence-corrected chi connectivity index (χ3v) is 3.46. The molecule has 2 N–H and O–H groups in total. The summed E-state index contributed by atoms with van der Waals surface area (Å²) in [5.41, 5.74) is 0.599. The Morgan fingerprint density at radius 1 is 1.22 bits per heavy atom. The van der Waals surface area contributed by atoms with Gasteiger partial charge in [0.05, 0.1) is 6.10 Å². The Morgan fingerprint density at radius 3 is 2.56 bits per heavy atom. The molecule has 100 valence electrons. The Bertz CT molecular complexity index is 371. The Morgan fingerprint density at radius 2 is 1.94 bits per heavy atom. The van der Waals surface area contributed by atoms with Gasteiger partial charge in [-0.2, -0.15) is 0 Å². The maximum atomic E-state index is 13.0. The fourth-order valence-electron chi connectivity index (χ4n) is 2.48. The van der Waals surface area contributed by atoms with Crippen LogP contribution < -0.4 is 5.32 Å². The predicted molar refractivity (Wildman–Crippen MR) is 66.3 cm³/mol. The predicted octanol–water partition coefficient (Wildman–Crippen LogP) is 2.40. The van der Waals surface area contributed by atoms with E-state index in [9.17, 15) is 13.9 Å². The van der Waals surface area contributed by atoms with E-state index < -0.39 is 17.7 Å². The minimum atomic E-state index is -0.560. The van der Waals surface area contributed by atoms with E-state index in [1.165, 1.54) is 12.1 Å². The van der Waals surface area contributed by atoms with Crippen molar-refractivity contribution in [3.8, 4) is 0 Å². The highest BCUT2D eigenvalue weighted by molar-refractivity contribution is 5.18. The van der Waals surface area contributed by atoms with Gasteiger partial charge in [-0.3, -0.25) is 0 Å². The van der Waals surface area contributed by atoms with Gasteiger partial charge in [-0.1, -0.05) is 6.42 Å². The maximum Gasteiger partial charge on any atom is 0.126 e. The van der Waals surface area contributed by atoms with Gasteiger partial charge < -0.3 is 10.4 Å². The summed E-state index contributed by atoms with van der Waals surface area (Å²) in [4.78, 5) is 0. The second kappa shape index (κ2) is 6.25. The molecule has 1 heterocycles. The van der Waals surface area contributed by atoms with Crippen molar-refractivity contribution in [2.45, 2.75) is 44.2 Å². The first-order valence-electron chi connectivity index (χ1n) is 6.51. The van der Waals surface area contributed by atoms with E-state index in [-0.39, 0.29) is 6.04 Å². The minimum absolute atomic E-state index is 0.122. The summed E-state index contributed by atoms with van der Waals surface area (Å²) < 4.78 is 26.0. The second-order valence-electron chi connectivity index (χ2n) is 4.94. The van der Waals surface area contributed by atoms with Crippen LogP contribution in [-0.4, -0.2) is 23.8 Å². The van der Waals surface area contributed by atoms with Gasteiger partial charge in [-0.05, 0) is 49.9 Å². The molecule has 0 amide bonds. The zero-order chi connectivity index (χ0) is 13.0. The number of aliphatic hydroxyl groups excluding tert-OH is 1. The molecule has 0 saturated carbocycles. The maximum absolute atomic E-state index is 13.0. The Hall–Kier alpha value is -1.00. The van der Waals surface area contributed by atoms with Crippen LogP contribution in [0.1, 0.15) is 31.2 Å². The molecule has 1 aliphatic rings. The highest BCUT2D eigenvalue weighted by atomic mass is 19.1. The zero-order valence-electron chi connectivity index (χ0n) is 10.3. The molecule has 2 nitrogen and oxygen atoms in total. The first kappa shape index (κ1) is 13.4. The van der Waals surface area contributed by atoms with Crippen LogP contribution in [0.25, 0.3) is 0 Å². The topological polar surface area (TPSA) is 32.3 Å². The van der Waals surface area contributed by atoms with Gasteiger partial charge in [-0.15, -0.1) is 0 Å². The molecular formula is C14H19F2NO. The van der Waals surface area contributed by atoms with Gasteiger partial charge in [0, 0.05) is 12.1 Å². The molecule has 1 aromatic rings. The summed E-state index contributed by atoms with van der Waals surface area (Å²) >= 11 is 0. The van der Waals surface area contributed by atoms with E-state index in [4.69, 9.17) is 0 Å². The molecule has 0 aliphatic carbocycles. The molecule has 1 fully saturated rings. The Balaban J connectivity index is 1.86. The smallest absolute Gasteiger partial charge is 0.126 e. The summed E-state index contributed by atoms with van der Waals surface area (Å²) in [5.74, 6) is -1.12. The lowest BCUT2D eigenvalue weighted by atomic mass is 9.95. The molecule has 18 heavy (non-hydrogen) atoms. The van der Waals surface area contributed by atoms with Crippen molar-refractivity contribution in [3.63, 3.8) is 0 Å². The molecule has 2 rings (SSSR count). The molecule has 1 aromatic carbocycles. The summed E-state index contributed by atoms with van der Waals surface area (Å²) in [7, 11) is 0. The van der Waals surface area contributed by atoms with Crippen molar-refractivity contribution in [1.82, 2.24) is 5.32 Å². The van der Waals surface area contributed by atoms with Gasteiger partial charge in [-0.25, -0.2) is 8.78 Å². The number of halogens is 2. The Kier molecular flexibility index (Phi) is 4.66. The average Bonchev–Trinajstić information content (AvgIpc) is 2.36. The quantitative estimate of drug-likeness (QED) is 0.866. The minimum Gasteiger partial charge on any atom is -0.391 e. The third kappa shape index (κ3) is 3.75. The third-order valence-electron chi connectivity index (χ3n) is 3.46. The highest BCUT2D eigenvalue weighted by Gasteiger charge is 2.20. The van der Waals surface area contributed by atoms with Crippen LogP contribution in [0, 0.1) is 11.6 Å². The van der Waals surface area contributed by atoms with Gasteiger partial charge >= 0.3 is 0 Å². The van der Waals surface area contributed by atoms with E-state index >= 15 is 0 Å². The second-order valence-corrected chi connectivity index (χ2v) is 4.94. The summed E-state index contributed by atoms with van der Waals surface area (Å²) in [5, 5.41) is 13.3. The van der Waals surface area contributed by atoms with Crippen LogP contribution in [-0.2, 0) is 6.42 Å². The van der Waals surface area contributed by atoms with Crippen molar-refractivity contribution in [3.05, 3.63) is 35.4 Å². The first-order chi connectivity index (χ1) is 8.65. The van der Waals surface area contributed by atoms with Gasteiger partial charge in [0.15, 0.2) is 0 Å². The molecule has 0 spiro atoms. The normalized spacial score (nSPS) is 21.8. The van der Waals surface area contributed by atoms with E-state index in [2.05, 4.69) is 5.32 Å². The van der Waals surface area contributed by atoms with Gasteiger partial charge in [0.25, 0.3) is 0 Å². The standard InChI is InChI=1S/C14H19F2NO/c15-11-7-10(8-12(16)9-11)4-5-14(18)13-3-1-2-6-17-13/h7-9,13-14,17-18H,1-6H2. The molecule has 0 radical (unpaired) electrons. The SMILES string of the molecule is OC(CCc1cc(F)cc(F)c1)C1CCCCN1. The van der Waals surface area contributed by atoms with Crippen LogP contribution in [0.3, 0.4) is 0 Å². The van der Waals surface area contributed by atoms with Crippen LogP contribution in [0.2, 0.25) is 0 Å². The first-order valence-corrected chi connectivity index (χ1v) is 6.51. The monoisotopic (exact) mass is 255 g/mol. The number of benzene rings is 1. The van der Waals surface area contributed by atoms with E-state index in [0.717, 1.165) is 31.9 Å². The molecule has 2 atom stereocenters. The number of piperidine rings is 1. The lowest BCUT2D eigenvalue weighted by molar-refractivity contribution is 0.105. The zero-order valence-corrected chi connectivity index (χ0v) is 10.3. The van der Waals surface area contributed by atoms with E-state index in [1.807, 2.05) is 0 Å². The van der Waals surface area contributed by atoms with Crippen LogP contribution >= 0.6 is 0 Å². The van der Waals surface area contributed by atoms with Gasteiger partial charge in [0.2, 0.25) is 0 Å². The van der Waals surface area contributed by atoms with Crippen molar-refractivity contribution >= 4 is 0 Å². The molecule has 1 aliphatic heterocycles. The molecule has 1 saturated heterocycles. The number of aliphatic hydroxyl groups is 1. The number of rotatable bonds is 4. The molecule has 0 aromatic heterocycles. The molecule has 0 bridgehead atoms. The van der Waals surface area contributed by atoms with E-state index in [0.29, 0.717) is 18.4 Å². The summed E-state index contributed by atoms with van der Waals surface area (Å²) in [6, 6.07) is 3.63. The Labute approximate surface area is 106 Å². The fourth-order valence-corrected chi connectivity index (χ4v) is 2.48. The van der Waals surface area contributed by atoms with E-state index in [1.54, 1.807) is 0 Å². The largest absolute Gasteiger partial charge is 0.391 e. The average molecular weight is 255 g/mol. The number of hydrogen-bond acceptors (Lipinski definition) is 2. The summed E-state index contributed by atoms with van der Waals surface area (Å²) in [6.45, 7) is 0.941. The molecule has 2 unspecified atom stereocenters. The molecular weight excluding hydrogens is 236 g/mol. The van der Waals surface area contributed by atoms with Crippen LogP contribution in [0.15, 0.2) is 18.2 Å². The van der Waals surface area contributed by atoms with Crippen molar-refractivity contribution in [1.29, 1.82) is 0 Å². The fraction of sp³-hybridized carbons (Fsp3) is 0.571. The number of aryl methyl sites for hydroxylation is 1. The van der Waals surface area contributed by atoms with Crippen LogP contribution in [0.5, 0.6) is 0 Å². The highest BCUT2D eigenvalue weighted by Crippen LogP contribution is 2.16.